The third-order valence-corrected chi connectivity index (χ3v) is 2.51. The maximum atomic E-state index is 10.6. The van der Waals surface area contributed by atoms with E-state index in [0.717, 1.165) is 0 Å². The number of aliphatic hydroxyl groups is 3. The summed E-state index contributed by atoms with van der Waals surface area (Å²) >= 11 is 0. The average Bonchev–Trinajstić information content (AvgIpc) is 2.21. The second-order valence-corrected chi connectivity index (χ2v) is 3.79. The zero-order valence-electron chi connectivity index (χ0n) is 8.98. The van der Waals surface area contributed by atoms with Gasteiger partial charge in [0.2, 0.25) is 0 Å². The number of hydrogen-bond donors (Lipinski definition) is 4. The van der Waals surface area contributed by atoms with Crippen molar-refractivity contribution in [3.8, 4) is 0 Å². The first-order chi connectivity index (χ1) is 7.34. The quantitative estimate of drug-likeness (QED) is 0.461. The zero-order valence-corrected chi connectivity index (χ0v) is 8.98. The van der Waals surface area contributed by atoms with Crippen molar-refractivity contribution >= 4 is 5.97 Å². The number of aliphatic carboxylic acids is 1. The monoisotopic (exact) mass is 236 g/mol. The van der Waals surface area contributed by atoms with Crippen LogP contribution in [0.3, 0.4) is 0 Å². The molecule has 1 aliphatic rings. The Morgan fingerprint density at radius 3 is 2.38 bits per heavy atom. The van der Waals surface area contributed by atoms with E-state index in [0.29, 0.717) is 0 Å². The molecule has 0 bridgehead atoms. The van der Waals surface area contributed by atoms with Crippen molar-refractivity contribution in [3.05, 3.63) is 0 Å². The summed E-state index contributed by atoms with van der Waals surface area (Å²) in [7, 11) is 0. The van der Waals surface area contributed by atoms with Gasteiger partial charge in [0, 0.05) is 0 Å². The van der Waals surface area contributed by atoms with Gasteiger partial charge >= 0.3 is 5.97 Å². The van der Waals surface area contributed by atoms with Crippen LogP contribution in [0, 0.1) is 0 Å². The molecule has 16 heavy (non-hydrogen) atoms. The Balaban J connectivity index is 2.70. The lowest BCUT2D eigenvalue weighted by Gasteiger charge is -2.39. The van der Waals surface area contributed by atoms with Gasteiger partial charge in [0.25, 0.3) is 0 Å². The molecule has 0 aromatic carbocycles. The molecule has 1 fully saturated rings. The summed E-state index contributed by atoms with van der Waals surface area (Å²) in [5.74, 6) is -1.21. The highest BCUT2D eigenvalue weighted by Gasteiger charge is 2.44. The third-order valence-electron chi connectivity index (χ3n) is 2.51. The van der Waals surface area contributed by atoms with E-state index >= 15 is 0 Å². The minimum absolute atomic E-state index is 0.746. The van der Waals surface area contributed by atoms with Gasteiger partial charge in [0.15, 0.2) is 12.4 Å². The number of carboxylic acid groups (broad SMARTS) is 1. The topological polar surface area (TPSA) is 116 Å². The lowest BCUT2D eigenvalue weighted by atomic mass is 9.99. The molecular weight excluding hydrogens is 220 g/mol. The van der Waals surface area contributed by atoms with E-state index in [4.69, 9.17) is 14.6 Å². The highest BCUT2D eigenvalue weighted by molar-refractivity contribution is 5.71. The van der Waals surface area contributed by atoms with Gasteiger partial charge in [0.1, 0.15) is 18.3 Å². The first kappa shape index (κ1) is 13.3. The fraction of sp³-hybridized carbons (Fsp3) is 0.889. The molecule has 0 spiro atoms. The van der Waals surface area contributed by atoms with Gasteiger partial charge in [-0.05, 0) is 13.8 Å². The second-order valence-electron chi connectivity index (χ2n) is 3.79. The summed E-state index contributed by atoms with van der Waals surface area (Å²) < 4.78 is 9.79. The minimum atomic E-state index is -1.50. The van der Waals surface area contributed by atoms with E-state index in [-0.39, 0.29) is 0 Å². The maximum Gasteiger partial charge on any atom is 0.332 e. The molecule has 1 rings (SSSR count). The van der Waals surface area contributed by atoms with Crippen molar-refractivity contribution in [2.24, 2.45) is 0 Å². The Labute approximate surface area is 92.2 Å². The standard InChI is InChI=1S/C9H16O7/c1-3-5(10)7(6(11)9(14)16-3)15-4(2)8(12)13/h3-7,9-11,14H,1-2H3,(H,12,13). The predicted molar refractivity (Wildman–Crippen MR) is 50.5 cm³/mol. The van der Waals surface area contributed by atoms with Gasteiger partial charge in [-0.25, -0.2) is 4.79 Å². The van der Waals surface area contributed by atoms with Gasteiger partial charge in [0.05, 0.1) is 6.10 Å². The first-order valence-electron chi connectivity index (χ1n) is 4.92. The Kier molecular flexibility index (Phi) is 4.22. The molecule has 0 aliphatic carbocycles. The predicted octanol–water partition coefficient (Wildman–Crippen LogP) is -1.70. The SMILES string of the molecule is CC(OC1C(O)C(C)OC(O)C1O)C(=O)O. The Morgan fingerprint density at radius 1 is 1.31 bits per heavy atom. The van der Waals surface area contributed by atoms with Crippen molar-refractivity contribution in [1.82, 2.24) is 0 Å². The summed E-state index contributed by atoms with van der Waals surface area (Å²) in [6.07, 6.45) is -7.29. The number of aliphatic hydroxyl groups excluding tert-OH is 3. The van der Waals surface area contributed by atoms with Crippen LogP contribution in [0.25, 0.3) is 0 Å². The van der Waals surface area contributed by atoms with Crippen LogP contribution in [-0.4, -0.2) is 63.2 Å². The van der Waals surface area contributed by atoms with Gasteiger partial charge in [-0.15, -0.1) is 0 Å². The minimum Gasteiger partial charge on any atom is -0.479 e. The van der Waals surface area contributed by atoms with Crippen LogP contribution >= 0.6 is 0 Å². The maximum absolute atomic E-state index is 10.6. The smallest absolute Gasteiger partial charge is 0.332 e. The molecule has 0 aromatic rings. The lowest BCUT2D eigenvalue weighted by Crippen LogP contribution is -2.58. The molecule has 4 N–H and O–H groups in total. The number of carboxylic acids is 1. The zero-order chi connectivity index (χ0) is 12.5. The number of rotatable bonds is 3. The van der Waals surface area contributed by atoms with E-state index in [9.17, 15) is 20.1 Å². The normalized spacial score (nSPS) is 41.7. The highest BCUT2D eigenvalue weighted by Crippen LogP contribution is 2.23. The van der Waals surface area contributed by atoms with Crippen molar-refractivity contribution in [3.63, 3.8) is 0 Å². The van der Waals surface area contributed by atoms with Crippen molar-refractivity contribution < 1.29 is 34.7 Å². The summed E-state index contributed by atoms with van der Waals surface area (Å²) in [6.45, 7) is 2.76. The van der Waals surface area contributed by atoms with Gasteiger partial charge in [-0.1, -0.05) is 0 Å². The van der Waals surface area contributed by atoms with Crippen molar-refractivity contribution in [1.29, 1.82) is 0 Å². The molecule has 0 saturated carbocycles. The van der Waals surface area contributed by atoms with Crippen LogP contribution in [0.2, 0.25) is 0 Å². The Hall–Kier alpha value is -0.730. The molecule has 1 heterocycles. The van der Waals surface area contributed by atoms with Crippen LogP contribution in [0.15, 0.2) is 0 Å². The molecule has 7 nitrogen and oxygen atoms in total. The summed E-state index contributed by atoms with van der Waals surface area (Å²) in [5, 5.41) is 37.1. The molecule has 1 saturated heterocycles. The van der Waals surface area contributed by atoms with Gasteiger partial charge in [-0.2, -0.15) is 0 Å². The molecule has 6 atom stereocenters. The van der Waals surface area contributed by atoms with Crippen molar-refractivity contribution in [2.45, 2.75) is 50.7 Å². The largest absolute Gasteiger partial charge is 0.479 e. The molecule has 0 amide bonds. The lowest BCUT2D eigenvalue weighted by molar-refractivity contribution is -0.290. The van der Waals surface area contributed by atoms with Crippen LogP contribution in [-0.2, 0) is 14.3 Å². The fourth-order valence-electron chi connectivity index (χ4n) is 1.47. The molecule has 94 valence electrons. The first-order valence-corrected chi connectivity index (χ1v) is 4.92. The van der Waals surface area contributed by atoms with Crippen LogP contribution in [0.4, 0.5) is 0 Å². The van der Waals surface area contributed by atoms with Gasteiger partial charge in [-0.3, -0.25) is 0 Å². The second kappa shape index (κ2) is 5.07. The molecule has 1 aliphatic heterocycles. The third kappa shape index (κ3) is 2.69. The molecule has 7 heteroatoms. The van der Waals surface area contributed by atoms with E-state index in [2.05, 4.69) is 0 Å². The van der Waals surface area contributed by atoms with Gasteiger partial charge < -0.3 is 29.9 Å². The average molecular weight is 236 g/mol. The summed E-state index contributed by atoms with van der Waals surface area (Å²) in [6, 6.07) is 0. The van der Waals surface area contributed by atoms with E-state index in [1.54, 1.807) is 0 Å². The summed E-state index contributed by atoms with van der Waals surface area (Å²) in [5.41, 5.74) is 0. The Morgan fingerprint density at radius 2 is 1.88 bits per heavy atom. The molecule has 0 aromatic heterocycles. The summed E-state index contributed by atoms with van der Waals surface area (Å²) in [4.78, 5) is 10.6. The number of hydrogen-bond acceptors (Lipinski definition) is 6. The van der Waals surface area contributed by atoms with E-state index in [1.807, 2.05) is 0 Å². The van der Waals surface area contributed by atoms with Crippen LogP contribution in [0.5, 0.6) is 0 Å². The van der Waals surface area contributed by atoms with Crippen LogP contribution in [0.1, 0.15) is 13.8 Å². The Bertz CT molecular complexity index is 242. The van der Waals surface area contributed by atoms with Crippen molar-refractivity contribution in [2.75, 3.05) is 0 Å². The highest BCUT2D eigenvalue weighted by atomic mass is 16.6. The molecule has 0 radical (unpaired) electrons. The number of carbonyl (C=O) groups is 1. The van der Waals surface area contributed by atoms with Crippen LogP contribution < -0.4 is 0 Å². The number of ether oxygens (including phenoxy) is 2. The molecular formula is C9H16O7. The van der Waals surface area contributed by atoms with E-state index < -0.39 is 42.8 Å². The fourth-order valence-corrected chi connectivity index (χ4v) is 1.47. The van der Waals surface area contributed by atoms with E-state index in [1.165, 1.54) is 13.8 Å². The molecule has 6 unspecified atom stereocenters.